The predicted octanol–water partition coefficient (Wildman–Crippen LogP) is 2.86. The van der Waals surface area contributed by atoms with E-state index in [0.29, 0.717) is 0 Å². The van der Waals surface area contributed by atoms with E-state index in [0.717, 1.165) is 29.3 Å². The molecular weight excluding hydrogens is 131 g/mol. The van der Waals surface area contributed by atoms with E-state index >= 15 is 0 Å². The maximum atomic E-state index is 5.61. The van der Waals surface area contributed by atoms with Crippen LogP contribution in [-0.2, 0) is 0 Å². The van der Waals surface area contributed by atoms with Crippen LogP contribution in [0.2, 0.25) is 0 Å². The Balaban J connectivity index is 2.64. The van der Waals surface area contributed by atoms with Gasteiger partial charge >= 0.3 is 0 Å². The van der Waals surface area contributed by atoms with E-state index in [1.165, 1.54) is 0 Å². The Morgan fingerprint density at radius 1 is 1.00 bits per heavy atom. The molecule has 40 valence electrons. The van der Waals surface area contributed by atoms with Crippen molar-refractivity contribution in [2.75, 3.05) is 0 Å². The van der Waals surface area contributed by atoms with E-state index in [4.69, 9.17) is 23.2 Å². The van der Waals surface area contributed by atoms with Crippen LogP contribution in [-0.4, -0.2) is 0 Å². The van der Waals surface area contributed by atoms with Crippen LogP contribution >= 0.6 is 23.2 Å². The molecule has 0 bridgehead atoms. The maximum absolute atomic E-state index is 5.61. The molecule has 0 aromatic carbocycles. The Bertz CT molecular complexity index is 92.6. The van der Waals surface area contributed by atoms with Crippen molar-refractivity contribution in [2.24, 2.45) is 0 Å². The summed E-state index contributed by atoms with van der Waals surface area (Å²) in [6.45, 7) is 0. The second kappa shape index (κ2) is 2.06. The van der Waals surface area contributed by atoms with E-state index in [1.807, 2.05) is 0 Å². The average molecular weight is 137 g/mol. The first kappa shape index (κ1) is 5.46. The number of allylic oxidation sites excluding steroid dienone is 2. The smallest absolute Gasteiger partial charge is 0.0326 e. The third-order valence-corrected chi connectivity index (χ3v) is 2.02. The molecule has 0 saturated carbocycles. The van der Waals surface area contributed by atoms with Crippen LogP contribution in [0.1, 0.15) is 19.3 Å². The van der Waals surface area contributed by atoms with Crippen LogP contribution in [0.25, 0.3) is 0 Å². The van der Waals surface area contributed by atoms with Crippen LogP contribution in [0.5, 0.6) is 0 Å². The molecule has 0 N–H and O–H groups in total. The van der Waals surface area contributed by atoms with E-state index in [2.05, 4.69) is 0 Å². The highest BCUT2D eigenvalue weighted by Crippen LogP contribution is 2.30. The van der Waals surface area contributed by atoms with Gasteiger partial charge in [0.1, 0.15) is 0 Å². The molecule has 1 aliphatic carbocycles. The summed E-state index contributed by atoms with van der Waals surface area (Å²) in [7, 11) is 0. The van der Waals surface area contributed by atoms with Crippen molar-refractivity contribution < 1.29 is 0 Å². The van der Waals surface area contributed by atoms with Crippen molar-refractivity contribution in [3.05, 3.63) is 10.1 Å². The highest BCUT2D eigenvalue weighted by molar-refractivity contribution is 6.39. The van der Waals surface area contributed by atoms with Crippen molar-refractivity contribution in [3.8, 4) is 0 Å². The van der Waals surface area contributed by atoms with Gasteiger partial charge in [0.05, 0.1) is 0 Å². The third-order valence-electron chi connectivity index (χ3n) is 1.09. The summed E-state index contributed by atoms with van der Waals surface area (Å²) < 4.78 is 0. The number of hydrogen-bond acceptors (Lipinski definition) is 0. The number of halogens is 2. The Kier molecular flexibility index (Phi) is 1.61. The highest BCUT2D eigenvalue weighted by Gasteiger charge is 2.08. The Morgan fingerprint density at radius 2 is 1.43 bits per heavy atom. The van der Waals surface area contributed by atoms with Crippen molar-refractivity contribution in [3.63, 3.8) is 0 Å². The average Bonchev–Trinajstić information content (AvgIpc) is 1.91. The zero-order valence-electron chi connectivity index (χ0n) is 3.88. The standard InChI is InChI=1S/C5H6Cl2/c6-4-2-1-3-5(4)7/h1-3H2. The third kappa shape index (κ3) is 1.11. The van der Waals surface area contributed by atoms with E-state index in [1.54, 1.807) is 0 Å². The first-order valence-corrected chi connectivity index (χ1v) is 3.09. The van der Waals surface area contributed by atoms with Crippen molar-refractivity contribution in [2.45, 2.75) is 19.3 Å². The summed E-state index contributed by atoms with van der Waals surface area (Å²) in [5.41, 5.74) is 0. The first-order valence-electron chi connectivity index (χ1n) is 2.34. The lowest BCUT2D eigenvalue weighted by molar-refractivity contribution is 0.919. The van der Waals surface area contributed by atoms with Crippen molar-refractivity contribution in [1.82, 2.24) is 0 Å². The van der Waals surface area contributed by atoms with Gasteiger partial charge in [-0.05, 0) is 19.3 Å². The van der Waals surface area contributed by atoms with Gasteiger partial charge in [0.25, 0.3) is 0 Å². The summed E-state index contributed by atoms with van der Waals surface area (Å²) in [6, 6.07) is 0. The Hall–Kier alpha value is 0.320. The van der Waals surface area contributed by atoms with Gasteiger partial charge in [0, 0.05) is 10.1 Å². The normalized spacial score (nSPS) is 21.4. The summed E-state index contributed by atoms with van der Waals surface area (Å²) in [5.74, 6) is 0. The topological polar surface area (TPSA) is 0 Å². The van der Waals surface area contributed by atoms with Gasteiger partial charge in [0.15, 0.2) is 0 Å². The van der Waals surface area contributed by atoms with Gasteiger partial charge < -0.3 is 0 Å². The maximum Gasteiger partial charge on any atom is 0.0326 e. The molecule has 0 nitrogen and oxygen atoms in total. The molecule has 0 radical (unpaired) electrons. The molecule has 2 heteroatoms. The molecule has 1 aliphatic rings. The minimum atomic E-state index is 0.863. The fraction of sp³-hybridized carbons (Fsp3) is 0.600. The van der Waals surface area contributed by atoms with Crippen LogP contribution in [0.15, 0.2) is 10.1 Å². The van der Waals surface area contributed by atoms with Gasteiger partial charge in [0.2, 0.25) is 0 Å². The highest BCUT2D eigenvalue weighted by atomic mass is 35.5. The zero-order valence-corrected chi connectivity index (χ0v) is 5.39. The monoisotopic (exact) mass is 136 g/mol. The number of hydrogen-bond donors (Lipinski definition) is 0. The van der Waals surface area contributed by atoms with Crippen molar-refractivity contribution >= 4 is 23.2 Å². The SMILES string of the molecule is ClC1=C(Cl)CCC1. The molecule has 0 heterocycles. The lowest BCUT2D eigenvalue weighted by Gasteiger charge is -1.81. The zero-order chi connectivity index (χ0) is 5.28. The lowest BCUT2D eigenvalue weighted by atomic mass is 10.4. The minimum Gasteiger partial charge on any atom is -0.0879 e. The van der Waals surface area contributed by atoms with Gasteiger partial charge in [-0.2, -0.15) is 0 Å². The van der Waals surface area contributed by atoms with Gasteiger partial charge in [-0.3, -0.25) is 0 Å². The van der Waals surface area contributed by atoms with Crippen LogP contribution < -0.4 is 0 Å². The molecule has 0 aromatic heterocycles. The van der Waals surface area contributed by atoms with Crippen LogP contribution in [0.4, 0.5) is 0 Å². The molecule has 0 amide bonds. The largest absolute Gasteiger partial charge is 0.0879 e. The molecule has 1 rings (SSSR count). The summed E-state index contributed by atoms with van der Waals surface area (Å²) >= 11 is 11.2. The second-order valence-corrected chi connectivity index (χ2v) is 2.58. The van der Waals surface area contributed by atoms with Crippen LogP contribution in [0, 0.1) is 0 Å². The van der Waals surface area contributed by atoms with Crippen molar-refractivity contribution in [1.29, 1.82) is 0 Å². The molecule has 0 aliphatic heterocycles. The molecule has 0 unspecified atom stereocenters. The summed E-state index contributed by atoms with van der Waals surface area (Å²) in [4.78, 5) is 0. The first-order chi connectivity index (χ1) is 3.30. The van der Waals surface area contributed by atoms with Gasteiger partial charge in [-0.25, -0.2) is 0 Å². The lowest BCUT2D eigenvalue weighted by Crippen LogP contribution is -1.57. The fourth-order valence-corrected chi connectivity index (χ4v) is 1.13. The predicted molar refractivity (Wildman–Crippen MR) is 32.6 cm³/mol. The molecule has 0 atom stereocenters. The number of rotatable bonds is 0. The molecule has 0 saturated heterocycles. The fourth-order valence-electron chi connectivity index (χ4n) is 0.670. The minimum absolute atomic E-state index is 0.863. The summed E-state index contributed by atoms with van der Waals surface area (Å²) in [5, 5.41) is 1.73. The molecule has 7 heavy (non-hydrogen) atoms. The van der Waals surface area contributed by atoms with Gasteiger partial charge in [-0.15, -0.1) is 0 Å². The second-order valence-electron chi connectivity index (χ2n) is 1.66. The van der Waals surface area contributed by atoms with E-state index in [-0.39, 0.29) is 0 Å². The van der Waals surface area contributed by atoms with Gasteiger partial charge in [-0.1, -0.05) is 23.2 Å². The Morgan fingerprint density at radius 3 is 1.57 bits per heavy atom. The van der Waals surface area contributed by atoms with Crippen LogP contribution in [0.3, 0.4) is 0 Å². The molecule has 0 aromatic rings. The quantitative estimate of drug-likeness (QED) is 0.481. The van der Waals surface area contributed by atoms with E-state index in [9.17, 15) is 0 Å². The molecule has 0 spiro atoms. The molecule has 0 fully saturated rings. The summed E-state index contributed by atoms with van der Waals surface area (Å²) in [6.07, 6.45) is 3.11. The van der Waals surface area contributed by atoms with E-state index < -0.39 is 0 Å². The Labute approximate surface area is 53.1 Å². The molecular formula is C5H6Cl2.